The number of nitrogens with one attached hydrogen (secondary N) is 2. The van der Waals surface area contributed by atoms with Gasteiger partial charge in [-0.15, -0.1) is 0 Å². The van der Waals surface area contributed by atoms with Gasteiger partial charge in [0.05, 0.1) is 10.7 Å². The van der Waals surface area contributed by atoms with Gasteiger partial charge in [0.2, 0.25) is 0 Å². The van der Waals surface area contributed by atoms with Gasteiger partial charge in [0, 0.05) is 11.6 Å². The molecule has 0 saturated carbocycles. The summed E-state index contributed by atoms with van der Waals surface area (Å²) < 4.78 is 5.39. The Morgan fingerprint density at radius 3 is 3.00 bits per heavy atom. The maximum Gasteiger partial charge on any atom is 0.411 e. The van der Waals surface area contributed by atoms with Crippen LogP contribution in [0.4, 0.5) is 10.5 Å². The largest absolute Gasteiger partial charge is 0.444 e. The third kappa shape index (κ3) is 4.00. The normalized spacial score (nSPS) is 22.9. The van der Waals surface area contributed by atoms with E-state index in [1.165, 1.54) is 0 Å². The molecular formula is C13H16Cl2N2O2. The van der Waals surface area contributed by atoms with E-state index < -0.39 is 6.09 Å². The minimum atomic E-state index is -0.510. The van der Waals surface area contributed by atoms with Crippen molar-refractivity contribution in [3.05, 3.63) is 28.2 Å². The molecule has 2 rings (SSSR count). The van der Waals surface area contributed by atoms with Gasteiger partial charge in [0.25, 0.3) is 0 Å². The first-order valence-electron chi connectivity index (χ1n) is 6.19. The van der Waals surface area contributed by atoms with Gasteiger partial charge in [0.1, 0.15) is 6.10 Å². The fraction of sp³-hybridized carbons (Fsp3) is 0.462. The first-order chi connectivity index (χ1) is 9.06. The van der Waals surface area contributed by atoms with Crippen molar-refractivity contribution in [3.63, 3.8) is 0 Å². The summed E-state index contributed by atoms with van der Waals surface area (Å²) in [4.78, 5) is 11.8. The molecule has 0 radical (unpaired) electrons. The van der Waals surface area contributed by atoms with Crippen LogP contribution in [0.5, 0.6) is 0 Å². The topological polar surface area (TPSA) is 50.4 Å². The highest BCUT2D eigenvalue weighted by Crippen LogP contribution is 2.26. The molecule has 1 fully saturated rings. The zero-order valence-corrected chi connectivity index (χ0v) is 12.1. The Balaban J connectivity index is 1.95. The van der Waals surface area contributed by atoms with Gasteiger partial charge in [-0.1, -0.05) is 30.1 Å². The van der Waals surface area contributed by atoms with Crippen molar-refractivity contribution < 1.29 is 9.53 Å². The van der Waals surface area contributed by atoms with Crippen molar-refractivity contribution in [1.82, 2.24) is 5.32 Å². The summed E-state index contributed by atoms with van der Waals surface area (Å²) in [7, 11) is 0. The molecule has 104 valence electrons. The maximum absolute atomic E-state index is 11.8. The summed E-state index contributed by atoms with van der Waals surface area (Å²) in [6.45, 7) is 3.71. The van der Waals surface area contributed by atoms with Gasteiger partial charge in [-0.3, -0.25) is 5.32 Å². The van der Waals surface area contributed by atoms with E-state index in [1.807, 2.05) is 0 Å². The number of benzene rings is 1. The number of carbonyl (C=O) groups excluding carboxylic acids is 1. The molecule has 19 heavy (non-hydrogen) atoms. The molecule has 1 aromatic rings. The van der Waals surface area contributed by atoms with Gasteiger partial charge in [-0.25, -0.2) is 4.79 Å². The van der Waals surface area contributed by atoms with E-state index in [-0.39, 0.29) is 6.10 Å². The van der Waals surface area contributed by atoms with Crippen molar-refractivity contribution in [2.75, 3.05) is 18.4 Å². The Bertz CT molecular complexity index is 468. The van der Waals surface area contributed by atoms with Gasteiger partial charge >= 0.3 is 6.09 Å². The zero-order valence-electron chi connectivity index (χ0n) is 10.6. The fourth-order valence-electron chi connectivity index (χ4n) is 1.99. The first kappa shape index (κ1) is 14.4. The monoisotopic (exact) mass is 302 g/mol. The lowest BCUT2D eigenvalue weighted by atomic mass is 9.97. The summed E-state index contributed by atoms with van der Waals surface area (Å²) in [5, 5.41) is 6.75. The van der Waals surface area contributed by atoms with E-state index in [0.29, 0.717) is 28.2 Å². The number of hydrogen-bond donors (Lipinski definition) is 2. The van der Waals surface area contributed by atoms with Crippen molar-refractivity contribution >= 4 is 35.0 Å². The van der Waals surface area contributed by atoms with Gasteiger partial charge in [-0.05, 0) is 37.1 Å². The molecule has 1 amide bonds. The molecule has 1 saturated heterocycles. The number of carbonyl (C=O) groups is 1. The molecule has 4 nitrogen and oxygen atoms in total. The molecule has 0 spiro atoms. The van der Waals surface area contributed by atoms with Crippen LogP contribution in [0.15, 0.2) is 18.2 Å². The van der Waals surface area contributed by atoms with Crippen LogP contribution < -0.4 is 10.6 Å². The molecule has 2 unspecified atom stereocenters. The summed E-state index contributed by atoms with van der Waals surface area (Å²) in [5.41, 5.74) is 0.454. The highest BCUT2D eigenvalue weighted by molar-refractivity contribution is 6.35. The van der Waals surface area contributed by atoms with Crippen LogP contribution in [0, 0.1) is 5.92 Å². The molecule has 0 aromatic heterocycles. The number of ether oxygens (including phenoxy) is 1. The summed E-state index contributed by atoms with van der Waals surface area (Å²) in [6, 6.07) is 4.88. The van der Waals surface area contributed by atoms with E-state index in [0.717, 1.165) is 13.0 Å². The van der Waals surface area contributed by atoms with Gasteiger partial charge in [0.15, 0.2) is 0 Å². The lowest BCUT2D eigenvalue weighted by molar-refractivity contribution is 0.0614. The van der Waals surface area contributed by atoms with E-state index >= 15 is 0 Å². The Labute approximate surface area is 122 Å². The molecule has 2 atom stereocenters. The number of rotatable bonds is 2. The standard InChI is InChI=1S/C13H16Cl2N2O2/c1-8-4-5-16-7-12(8)19-13(18)17-11-6-9(14)2-3-10(11)15/h2-3,6,8,12,16H,4-5,7H2,1H3,(H,17,18). The van der Waals surface area contributed by atoms with E-state index in [2.05, 4.69) is 17.6 Å². The highest BCUT2D eigenvalue weighted by Gasteiger charge is 2.24. The first-order valence-corrected chi connectivity index (χ1v) is 6.95. The molecule has 0 aliphatic carbocycles. The van der Waals surface area contributed by atoms with Crippen LogP contribution >= 0.6 is 23.2 Å². The molecule has 0 bridgehead atoms. The third-order valence-corrected chi connectivity index (χ3v) is 3.74. The molecular weight excluding hydrogens is 287 g/mol. The maximum atomic E-state index is 11.8. The van der Waals surface area contributed by atoms with Crippen molar-refractivity contribution in [2.24, 2.45) is 5.92 Å². The Kier molecular flexibility index (Phi) is 4.91. The number of anilines is 1. The average molecular weight is 303 g/mol. The SMILES string of the molecule is CC1CCNCC1OC(=O)Nc1cc(Cl)ccc1Cl. The predicted molar refractivity (Wildman–Crippen MR) is 77.0 cm³/mol. The smallest absolute Gasteiger partial charge is 0.411 e. The van der Waals surface area contributed by atoms with Crippen LogP contribution in [0.1, 0.15) is 13.3 Å². The average Bonchev–Trinajstić information content (AvgIpc) is 2.37. The summed E-state index contributed by atoms with van der Waals surface area (Å²) in [5.74, 6) is 0.349. The predicted octanol–water partition coefficient (Wildman–Crippen LogP) is 3.54. The fourth-order valence-corrected chi connectivity index (χ4v) is 2.33. The molecule has 1 heterocycles. The molecule has 1 aliphatic rings. The second kappa shape index (κ2) is 6.46. The van der Waals surface area contributed by atoms with Crippen molar-refractivity contribution in [1.29, 1.82) is 0 Å². The van der Waals surface area contributed by atoms with Crippen LogP contribution in [0.3, 0.4) is 0 Å². The lowest BCUT2D eigenvalue weighted by Crippen LogP contribution is -2.42. The van der Waals surface area contributed by atoms with Gasteiger partial charge in [-0.2, -0.15) is 0 Å². The quantitative estimate of drug-likeness (QED) is 0.878. The van der Waals surface area contributed by atoms with E-state index in [1.54, 1.807) is 18.2 Å². The van der Waals surface area contributed by atoms with Gasteiger partial charge < -0.3 is 10.1 Å². The molecule has 2 N–H and O–H groups in total. The van der Waals surface area contributed by atoms with Crippen LogP contribution in [-0.2, 0) is 4.74 Å². The number of piperidine rings is 1. The molecule has 6 heteroatoms. The van der Waals surface area contributed by atoms with Crippen LogP contribution in [-0.4, -0.2) is 25.3 Å². The van der Waals surface area contributed by atoms with E-state index in [4.69, 9.17) is 27.9 Å². The second-order valence-electron chi connectivity index (χ2n) is 4.66. The minimum absolute atomic E-state index is 0.119. The Hall–Kier alpha value is -0.970. The summed E-state index contributed by atoms with van der Waals surface area (Å²) in [6.07, 6.45) is 0.368. The van der Waals surface area contributed by atoms with E-state index in [9.17, 15) is 4.79 Å². The van der Waals surface area contributed by atoms with Crippen LogP contribution in [0.25, 0.3) is 0 Å². The number of halogens is 2. The highest BCUT2D eigenvalue weighted by atomic mass is 35.5. The zero-order chi connectivity index (χ0) is 13.8. The molecule has 1 aliphatic heterocycles. The Morgan fingerprint density at radius 2 is 2.26 bits per heavy atom. The summed E-state index contributed by atoms with van der Waals surface area (Å²) >= 11 is 11.8. The molecule has 1 aromatic carbocycles. The van der Waals surface area contributed by atoms with Crippen molar-refractivity contribution in [3.8, 4) is 0 Å². The third-order valence-electron chi connectivity index (χ3n) is 3.18. The van der Waals surface area contributed by atoms with Crippen LogP contribution in [0.2, 0.25) is 10.0 Å². The minimum Gasteiger partial charge on any atom is -0.444 e. The number of hydrogen-bond acceptors (Lipinski definition) is 3. The second-order valence-corrected chi connectivity index (χ2v) is 5.51. The number of amides is 1. The Morgan fingerprint density at radius 1 is 1.47 bits per heavy atom. The lowest BCUT2D eigenvalue weighted by Gasteiger charge is -2.29. The van der Waals surface area contributed by atoms with Crippen molar-refractivity contribution in [2.45, 2.75) is 19.4 Å².